The molecule has 1 atom stereocenters. The molecule has 2 aromatic rings. The van der Waals surface area contributed by atoms with E-state index in [0.717, 1.165) is 31.0 Å². The molecule has 1 aromatic heterocycles. The van der Waals surface area contributed by atoms with E-state index in [4.69, 9.17) is 4.74 Å². The van der Waals surface area contributed by atoms with Gasteiger partial charge in [0, 0.05) is 37.0 Å². The van der Waals surface area contributed by atoms with Gasteiger partial charge in [0.1, 0.15) is 18.2 Å². The van der Waals surface area contributed by atoms with Gasteiger partial charge in [-0.15, -0.1) is 0 Å². The van der Waals surface area contributed by atoms with Crippen LogP contribution in [0.5, 0.6) is 5.75 Å². The van der Waals surface area contributed by atoms with E-state index in [1.807, 2.05) is 55.3 Å². The van der Waals surface area contributed by atoms with Gasteiger partial charge in [0.05, 0.1) is 0 Å². The summed E-state index contributed by atoms with van der Waals surface area (Å²) in [6.07, 6.45) is 7.68. The lowest BCUT2D eigenvalue weighted by atomic mass is 9.96. The molecule has 1 saturated heterocycles. The maximum atomic E-state index is 12.9. The van der Waals surface area contributed by atoms with Crippen LogP contribution in [0.4, 0.5) is 0 Å². The van der Waals surface area contributed by atoms with Crippen LogP contribution in [0, 0.1) is 0 Å². The summed E-state index contributed by atoms with van der Waals surface area (Å²) in [7, 11) is 0. The fourth-order valence-corrected chi connectivity index (χ4v) is 3.09. The number of benzene rings is 1. The first-order valence-corrected chi connectivity index (χ1v) is 8.78. The number of ether oxygens (including phenoxy) is 1. The Morgan fingerprint density at radius 3 is 3.08 bits per heavy atom. The highest BCUT2D eigenvalue weighted by Gasteiger charge is 2.26. The van der Waals surface area contributed by atoms with Crippen LogP contribution in [-0.2, 0) is 0 Å². The molecule has 5 nitrogen and oxygen atoms in total. The third-order valence-electron chi connectivity index (χ3n) is 4.44. The van der Waals surface area contributed by atoms with E-state index in [2.05, 4.69) is 9.97 Å². The van der Waals surface area contributed by atoms with Gasteiger partial charge in [-0.2, -0.15) is 0 Å². The van der Waals surface area contributed by atoms with Gasteiger partial charge in [-0.25, -0.2) is 4.98 Å². The van der Waals surface area contributed by atoms with Crippen LogP contribution in [0.15, 0.2) is 48.3 Å². The van der Waals surface area contributed by atoms with Crippen molar-refractivity contribution < 1.29 is 9.53 Å². The lowest BCUT2D eigenvalue weighted by Crippen LogP contribution is -2.39. The molecule has 25 heavy (non-hydrogen) atoms. The second kappa shape index (κ2) is 8.01. The molecule has 3 rings (SSSR count). The van der Waals surface area contributed by atoms with Gasteiger partial charge >= 0.3 is 0 Å². The maximum absolute atomic E-state index is 12.9. The molecule has 0 aliphatic carbocycles. The van der Waals surface area contributed by atoms with Crippen molar-refractivity contribution in [1.82, 2.24) is 14.9 Å². The Kier molecular flexibility index (Phi) is 5.53. The van der Waals surface area contributed by atoms with Gasteiger partial charge in [-0.05, 0) is 51.0 Å². The average molecular weight is 339 g/mol. The van der Waals surface area contributed by atoms with E-state index in [9.17, 15) is 4.79 Å². The minimum atomic E-state index is 0.0592. The molecule has 5 heteroatoms. The molecular weight excluding hydrogens is 314 g/mol. The highest BCUT2D eigenvalue weighted by atomic mass is 16.5. The van der Waals surface area contributed by atoms with Gasteiger partial charge in [0.2, 0.25) is 0 Å². The summed E-state index contributed by atoms with van der Waals surface area (Å²) in [5, 5.41) is 0. The molecule has 2 heterocycles. The summed E-state index contributed by atoms with van der Waals surface area (Å²) in [5.41, 5.74) is 1.89. The molecule has 0 radical (unpaired) electrons. The number of H-pyrrole nitrogens is 1. The Labute approximate surface area is 148 Å². The summed E-state index contributed by atoms with van der Waals surface area (Å²) in [6.45, 7) is 6.09. The number of likely N-dealkylation sites (tertiary alicyclic amines) is 1. The Balaban J connectivity index is 1.66. The van der Waals surface area contributed by atoms with Crippen LogP contribution in [0.1, 0.15) is 48.8 Å². The fourth-order valence-electron chi connectivity index (χ4n) is 3.09. The predicted molar refractivity (Wildman–Crippen MR) is 97.8 cm³/mol. The topological polar surface area (TPSA) is 58.2 Å². The molecular formula is C20H25N3O2. The highest BCUT2D eigenvalue weighted by Crippen LogP contribution is 2.26. The first-order chi connectivity index (χ1) is 12.1. The van der Waals surface area contributed by atoms with E-state index in [0.29, 0.717) is 18.7 Å². The summed E-state index contributed by atoms with van der Waals surface area (Å²) >= 11 is 0. The van der Waals surface area contributed by atoms with Crippen molar-refractivity contribution in [3.8, 4) is 5.75 Å². The summed E-state index contributed by atoms with van der Waals surface area (Å²) in [4.78, 5) is 22.3. The van der Waals surface area contributed by atoms with Gasteiger partial charge in [-0.3, -0.25) is 4.79 Å². The third kappa shape index (κ3) is 4.50. The monoisotopic (exact) mass is 339 g/mol. The van der Waals surface area contributed by atoms with Crippen molar-refractivity contribution >= 4 is 5.91 Å². The van der Waals surface area contributed by atoms with Crippen LogP contribution in [0.25, 0.3) is 0 Å². The van der Waals surface area contributed by atoms with Crippen molar-refractivity contribution in [2.24, 2.45) is 0 Å². The largest absolute Gasteiger partial charge is 0.490 e. The van der Waals surface area contributed by atoms with Gasteiger partial charge < -0.3 is 14.6 Å². The first-order valence-electron chi connectivity index (χ1n) is 8.78. The standard InChI is InChI=1S/C20H25N3O2/c1-15(2)8-12-25-18-7-3-5-16(13-18)20(24)23-11-4-6-17(14-23)19-21-9-10-22-19/h3,5,7-10,13,17H,4,6,11-12,14H2,1-2H3,(H,21,22). The molecule has 132 valence electrons. The van der Waals surface area contributed by atoms with Crippen molar-refractivity contribution in [2.75, 3.05) is 19.7 Å². The first kappa shape index (κ1) is 17.3. The van der Waals surface area contributed by atoms with Crippen LogP contribution in [0.3, 0.4) is 0 Å². The lowest BCUT2D eigenvalue weighted by molar-refractivity contribution is 0.0704. The molecule has 1 aliphatic heterocycles. The molecule has 0 spiro atoms. The number of amides is 1. The number of carbonyl (C=O) groups is 1. The Hall–Kier alpha value is -2.56. The van der Waals surface area contributed by atoms with E-state index < -0.39 is 0 Å². The molecule has 0 bridgehead atoms. The Morgan fingerprint density at radius 2 is 2.32 bits per heavy atom. The van der Waals surface area contributed by atoms with Crippen LogP contribution in [-0.4, -0.2) is 40.5 Å². The van der Waals surface area contributed by atoms with Crippen LogP contribution >= 0.6 is 0 Å². The predicted octanol–water partition coefficient (Wildman–Crippen LogP) is 3.77. The van der Waals surface area contributed by atoms with E-state index >= 15 is 0 Å². The van der Waals surface area contributed by atoms with E-state index in [-0.39, 0.29) is 11.8 Å². The molecule has 1 unspecified atom stereocenters. The number of carbonyl (C=O) groups excluding carboxylic acids is 1. The summed E-state index contributed by atoms with van der Waals surface area (Å²) < 4.78 is 5.71. The van der Waals surface area contributed by atoms with Crippen LogP contribution < -0.4 is 4.74 Å². The zero-order valence-electron chi connectivity index (χ0n) is 14.9. The second-order valence-corrected chi connectivity index (χ2v) is 6.69. The summed E-state index contributed by atoms with van der Waals surface area (Å²) in [5.74, 6) is 2.04. The van der Waals surface area contributed by atoms with Gasteiger partial charge in [-0.1, -0.05) is 11.6 Å². The zero-order chi connectivity index (χ0) is 17.6. The van der Waals surface area contributed by atoms with Crippen LogP contribution in [0.2, 0.25) is 0 Å². The number of hydrogen-bond donors (Lipinski definition) is 1. The minimum Gasteiger partial charge on any atom is -0.490 e. The zero-order valence-corrected chi connectivity index (χ0v) is 14.9. The molecule has 1 aromatic carbocycles. The number of hydrogen-bond acceptors (Lipinski definition) is 3. The second-order valence-electron chi connectivity index (χ2n) is 6.69. The molecule has 1 aliphatic rings. The minimum absolute atomic E-state index is 0.0592. The molecule has 1 amide bonds. The number of rotatable bonds is 5. The summed E-state index contributed by atoms with van der Waals surface area (Å²) in [6, 6.07) is 7.45. The van der Waals surface area contributed by atoms with E-state index in [1.54, 1.807) is 6.20 Å². The van der Waals surface area contributed by atoms with E-state index in [1.165, 1.54) is 5.57 Å². The fraction of sp³-hybridized carbons (Fsp3) is 0.400. The van der Waals surface area contributed by atoms with Gasteiger partial charge in [0.25, 0.3) is 5.91 Å². The normalized spacial score (nSPS) is 17.2. The number of aromatic nitrogens is 2. The number of nitrogens with one attached hydrogen (secondary N) is 1. The number of nitrogens with zero attached hydrogens (tertiary/aromatic N) is 2. The number of imidazole rings is 1. The Bertz CT molecular complexity index is 733. The number of allylic oxidation sites excluding steroid dienone is 1. The van der Waals surface area contributed by atoms with Crippen molar-refractivity contribution in [3.05, 3.63) is 59.7 Å². The van der Waals surface area contributed by atoms with Crippen molar-refractivity contribution in [2.45, 2.75) is 32.6 Å². The molecule has 0 saturated carbocycles. The Morgan fingerprint density at radius 1 is 1.44 bits per heavy atom. The third-order valence-corrected chi connectivity index (χ3v) is 4.44. The number of aromatic amines is 1. The maximum Gasteiger partial charge on any atom is 0.254 e. The smallest absolute Gasteiger partial charge is 0.254 e. The van der Waals surface area contributed by atoms with Crippen molar-refractivity contribution in [3.63, 3.8) is 0 Å². The lowest BCUT2D eigenvalue weighted by Gasteiger charge is -2.32. The molecule has 1 N–H and O–H groups in total. The SMILES string of the molecule is CC(C)=CCOc1cccc(C(=O)N2CCCC(c3ncc[nH]3)C2)c1. The average Bonchev–Trinajstić information content (AvgIpc) is 3.16. The quantitative estimate of drug-likeness (QED) is 0.844. The number of piperidine rings is 1. The highest BCUT2D eigenvalue weighted by molar-refractivity contribution is 5.94. The molecule has 1 fully saturated rings. The van der Waals surface area contributed by atoms with Crippen molar-refractivity contribution in [1.29, 1.82) is 0 Å². The van der Waals surface area contributed by atoms with Gasteiger partial charge in [0.15, 0.2) is 0 Å².